The zero-order chi connectivity index (χ0) is 12.3. The van der Waals surface area contributed by atoms with Gasteiger partial charge in [-0.05, 0) is 49.9 Å². The smallest absolute Gasteiger partial charge is 0.119 e. The van der Waals surface area contributed by atoms with E-state index in [1.165, 1.54) is 36.9 Å². The quantitative estimate of drug-likeness (QED) is 0.830. The minimum Gasteiger partial charge on any atom is -0.497 e. The second-order valence-electron chi connectivity index (χ2n) is 5.26. The van der Waals surface area contributed by atoms with Gasteiger partial charge < -0.3 is 10.1 Å². The van der Waals surface area contributed by atoms with Crippen molar-refractivity contribution < 1.29 is 4.74 Å². The topological polar surface area (TPSA) is 21.3 Å². The molecule has 0 aliphatic heterocycles. The van der Waals surface area contributed by atoms with Crippen LogP contribution in [0.15, 0.2) is 18.2 Å². The molecule has 2 heteroatoms. The van der Waals surface area contributed by atoms with Gasteiger partial charge in [-0.1, -0.05) is 19.3 Å². The third-order valence-corrected chi connectivity index (χ3v) is 3.75. The maximum atomic E-state index is 5.22. The average molecular weight is 233 g/mol. The van der Waals surface area contributed by atoms with Crippen molar-refractivity contribution in [2.24, 2.45) is 5.92 Å². The van der Waals surface area contributed by atoms with Crippen LogP contribution in [0.25, 0.3) is 0 Å². The van der Waals surface area contributed by atoms with Crippen LogP contribution in [-0.2, 0) is 0 Å². The molecule has 0 bridgehead atoms. The highest BCUT2D eigenvalue weighted by Crippen LogP contribution is 2.31. The first-order valence-electron chi connectivity index (χ1n) is 6.60. The molecule has 0 amide bonds. The molecular weight excluding hydrogens is 210 g/mol. The van der Waals surface area contributed by atoms with Gasteiger partial charge in [0.05, 0.1) is 7.11 Å². The SMILES string of the molecule is COc1ccc(NC(C)CC2CCC2)c(C)c1. The van der Waals surface area contributed by atoms with Crippen molar-refractivity contribution in [2.45, 2.75) is 45.6 Å². The van der Waals surface area contributed by atoms with Gasteiger partial charge in [0.15, 0.2) is 0 Å². The molecule has 0 radical (unpaired) electrons. The fourth-order valence-electron chi connectivity index (χ4n) is 2.48. The highest BCUT2D eigenvalue weighted by atomic mass is 16.5. The van der Waals surface area contributed by atoms with Crippen LogP contribution in [0.2, 0.25) is 0 Å². The summed E-state index contributed by atoms with van der Waals surface area (Å²) < 4.78 is 5.22. The van der Waals surface area contributed by atoms with E-state index in [0.717, 1.165) is 11.7 Å². The minimum atomic E-state index is 0.562. The van der Waals surface area contributed by atoms with E-state index in [0.29, 0.717) is 6.04 Å². The molecule has 94 valence electrons. The van der Waals surface area contributed by atoms with Crippen molar-refractivity contribution in [2.75, 3.05) is 12.4 Å². The Morgan fingerprint density at radius 2 is 2.18 bits per heavy atom. The Labute approximate surface area is 104 Å². The van der Waals surface area contributed by atoms with Crippen molar-refractivity contribution >= 4 is 5.69 Å². The lowest BCUT2D eigenvalue weighted by molar-refractivity contribution is 0.286. The summed E-state index contributed by atoms with van der Waals surface area (Å²) >= 11 is 0. The zero-order valence-corrected chi connectivity index (χ0v) is 11.1. The Balaban J connectivity index is 1.92. The highest BCUT2D eigenvalue weighted by Gasteiger charge is 2.19. The van der Waals surface area contributed by atoms with Crippen LogP contribution in [0.5, 0.6) is 5.75 Å². The van der Waals surface area contributed by atoms with Crippen LogP contribution in [0.4, 0.5) is 5.69 Å². The Kier molecular flexibility index (Phi) is 3.93. The Hall–Kier alpha value is -1.18. The number of aryl methyl sites for hydroxylation is 1. The Morgan fingerprint density at radius 3 is 2.71 bits per heavy atom. The predicted octanol–water partition coefficient (Wildman–Crippen LogP) is 3.99. The van der Waals surface area contributed by atoms with E-state index in [1.807, 2.05) is 6.07 Å². The minimum absolute atomic E-state index is 0.562. The summed E-state index contributed by atoms with van der Waals surface area (Å²) in [5.74, 6) is 1.88. The standard InChI is InChI=1S/C15H23NO/c1-11-9-14(17-3)7-8-15(11)16-12(2)10-13-5-4-6-13/h7-9,12-13,16H,4-6,10H2,1-3H3. The number of benzene rings is 1. The van der Waals surface area contributed by atoms with Gasteiger partial charge in [-0.15, -0.1) is 0 Å². The molecule has 0 heterocycles. The number of rotatable bonds is 5. The fraction of sp³-hybridized carbons (Fsp3) is 0.600. The van der Waals surface area contributed by atoms with E-state index in [1.54, 1.807) is 7.11 Å². The summed E-state index contributed by atoms with van der Waals surface area (Å²) in [7, 11) is 1.71. The van der Waals surface area contributed by atoms with Gasteiger partial charge in [0.1, 0.15) is 5.75 Å². The molecule has 2 rings (SSSR count). The van der Waals surface area contributed by atoms with Crippen LogP contribution < -0.4 is 10.1 Å². The zero-order valence-electron chi connectivity index (χ0n) is 11.1. The average Bonchev–Trinajstić information content (AvgIpc) is 2.26. The van der Waals surface area contributed by atoms with E-state index in [-0.39, 0.29) is 0 Å². The molecule has 2 nitrogen and oxygen atoms in total. The van der Waals surface area contributed by atoms with Crippen molar-refractivity contribution in [3.63, 3.8) is 0 Å². The number of hydrogen-bond acceptors (Lipinski definition) is 2. The second kappa shape index (κ2) is 5.44. The molecule has 1 fully saturated rings. The normalized spacial score (nSPS) is 17.4. The molecule has 1 saturated carbocycles. The molecular formula is C15H23NO. The molecule has 1 aromatic carbocycles. The summed E-state index contributed by atoms with van der Waals surface area (Å²) in [6.07, 6.45) is 5.58. The van der Waals surface area contributed by atoms with Crippen LogP contribution in [0.1, 0.15) is 38.2 Å². The van der Waals surface area contributed by atoms with E-state index >= 15 is 0 Å². The first kappa shape index (κ1) is 12.3. The fourth-order valence-corrected chi connectivity index (χ4v) is 2.48. The van der Waals surface area contributed by atoms with Crippen LogP contribution in [0, 0.1) is 12.8 Å². The van der Waals surface area contributed by atoms with Gasteiger partial charge in [-0.2, -0.15) is 0 Å². The summed E-state index contributed by atoms with van der Waals surface area (Å²) in [5.41, 5.74) is 2.49. The molecule has 0 spiro atoms. The van der Waals surface area contributed by atoms with Crippen LogP contribution in [0.3, 0.4) is 0 Å². The lowest BCUT2D eigenvalue weighted by Gasteiger charge is -2.29. The summed E-state index contributed by atoms with van der Waals surface area (Å²) in [4.78, 5) is 0. The molecule has 1 unspecified atom stereocenters. The van der Waals surface area contributed by atoms with Crippen molar-refractivity contribution in [3.8, 4) is 5.75 Å². The highest BCUT2D eigenvalue weighted by molar-refractivity contribution is 5.54. The van der Waals surface area contributed by atoms with E-state index in [9.17, 15) is 0 Å². The van der Waals surface area contributed by atoms with Crippen molar-refractivity contribution in [1.29, 1.82) is 0 Å². The van der Waals surface area contributed by atoms with Crippen molar-refractivity contribution in [1.82, 2.24) is 0 Å². The van der Waals surface area contributed by atoms with Gasteiger partial charge in [-0.25, -0.2) is 0 Å². The summed E-state index contributed by atoms with van der Waals surface area (Å²) in [6, 6.07) is 6.78. The molecule has 17 heavy (non-hydrogen) atoms. The molecule has 0 aromatic heterocycles. The molecule has 1 aliphatic carbocycles. The molecule has 1 aromatic rings. The largest absolute Gasteiger partial charge is 0.497 e. The summed E-state index contributed by atoms with van der Waals surface area (Å²) in [6.45, 7) is 4.41. The first-order valence-corrected chi connectivity index (χ1v) is 6.60. The van der Waals surface area contributed by atoms with Gasteiger partial charge in [0.2, 0.25) is 0 Å². The maximum Gasteiger partial charge on any atom is 0.119 e. The van der Waals surface area contributed by atoms with E-state index in [4.69, 9.17) is 4.74 Å². The van der Waals surface area contributed by atoms with Gasteiger partial charge >= 0.3 is 0 Å². The third kappa shape index (κ3) is 3.15. The Morgan fingerprint density at radius 1 is 1.41 bits per heavy atom. The molecule has 0 saturated heterocycles. The number of anilines is 1. The molecule has 1 aliphatic rings. The molecule has 1 atom stereocenters. The van der Waals surface area contributed by atoms with Gasteiger partial charge in [0, 0.05) is 11.7 Å². The Bertz CT molecular complexity index is 371. The van der Waals surface area contributed by atoms with Crippen LogP contribution >= 0.6 is 0 Å². The number of ether oxygens (including phenoxy) is 1. The maximum absolute atomic E-state index is 5.22. The monoisotopic (exact) mass is 233 g/mol. The lowest BCUT2D eigenvalue weighted by atomic mass is 9.81. The van der Waals surface area contributed by atoms with E-state index < -0.39 is 0 Å². The predicted molar refractivity (Wildman–Crippen MR) is 72.8 cm³/mol. The van der Waals surface area contributed by atoms with Crippen LogP contribution in [-0.4, -0.2) is 13.2 Å². The molecule has 1 N–H and O–H groups in total. The van der Waals surface area contributed by atoms with Gasteiger partial charge in [0.25, 0.3) is 0 Å². The van der Waals surface area contributed by atoms with E-state index in [2.05, 4.69) is 31.3 Å². The first-order chi connectivity index (χ1) is 8.19. The lowest BCUT2D eigenvalue weighted by Crippen LogP contribution is -2.23. The van der Waals surface area contributed by atoms with Gasteiger partial charge in [-0.3, -0.25) is 0 Å². The number of methoxy groups -OCH3 is 1. The summed E-state index contributed by atoms with van der Waals surface area (Å²) in [5, 5.41) is 3.61. The number of hydrogen-bond donors (Lipinski definition) is 1. The van der Waals surface area contributed by atoms with Crippen molar-refractivity contribution in [3.05, 3.63) is 23.8 Å². The number of nitrogens with one attached hydrogen (secondary N) is 1. The second-order valence-corrected chi connectivity index (χ2v) is 5.26. The third-order valence-electron chi connectivity index (χ3n) is 3.75.